The zero-order chi connectivity index (χ0) is 31.9. The van der Waals surface area contributed by atoms with Gasteiger partial charge in [-0.05, 0) is 61.5 Å². The van der Waals surface area contributed by atoms with E-state index in [9.17, 15) is 14.2 Å². The molecule has 0 radical (unpaired) electrons. The van der Waals surface area contributed by atoms with Crippen molar-refractivity contribution in [2.24, 2.45) is 11.8 Å². The molecule has 44 heavy (non-hydrogen) atoms. The van der Waals surface area contributed by atoms with Gasteiger partial charge in [0.25, 0.3) is 0 Å². The van der Waals surface area contributed by atoms with Crippen LogP contribution in [0.3, 0.4) is 0 Å². The molecule has 1 saturated heterocycles. The normalized spacial score (nSPS) is 21.0. The van der Waals surface area contributed by atoms with Gasteiger partial charge in [0.05, 0.1) is 40.7 Å². The van der Waals surface area contributed by atoms with Crippen LogP contribution in [0, 0.1) is 11.8 Å². The molecule has 7 nitrogen and oxygen atoms in total. The first kappa shape index (κ1) is 32.3. The van der Waals surface area contributed by atoms with Gasteiger partial charge in [-0.15, -0.1) is 0 Å². The molecule has 2 heterocycles. The first-order valence-corrected chi connectivity index (χ1v) is 20.1. The van der Waals surface area contributed by atoms with Gasteiger partial charge in [-0.2, -0.15) is 0 Å². The third-order valence-electron chi connectivity index (χ3n) is 8.95. The molecule has 1 amide bonds. The van der Waals surface area contributed by atoms with E-state index in [0.717, 1.165) is 16.9 Å². The SMILES string of the molecule is CC(O[Si](C)(C)C(C)(C)C)[C@H]1C(=O)N2C(C(=O)OSc3ccccc3)=C(OP(=O)(c3ccccc3)c3ccccc3)[C@H](C)[C@H]12. The number of rotatable bonds is 10. The average molecular weight is 650 g/mol. The summed E-state index contributed by atoms with van der Waals surface area (Å²) in [5.41, 5.74) is -0.00112. The van der Waals surface area contributed by atoms with E-state index in [0.29, 0.717) is 10.6 Å². The lowest BCUT2D eigenvalue weighted by Gasteiger charge is -2.49. The van der Waals surface area contributed by atoms with Gasteiger partial charge in [0.2, 0.25) is 5.91 Å². The Bertz CT molecular complexity index is 1550. The van der Waals surface area contributed by atoms with Gasteiger partial charge >= 0.3 is 13.3 Å². The van der Waals surface area contributed by atoms with E-state index in [-0.39, 0.29) is 28.5 Å². The minimum absolute atomic E-state index is 0.00112. The first-order valence-electron chi connectivity index (χ1n) is 14.9. The third kappa shape index (κ3) is 5.95. The fourth-order valence-corrected chi connectivity index (χ4v) is 9.69. The molecule has 2 aliphatic heterocycles. The van der Waals surface area contributed by atoms with Crippen molar-refractivity contribution >= 4 is 50.2 Å². The van der Waals surface area contributed by atoms with Crippen molar-refractivity contribution in [3.05, 3.63) is 102 Å². The summed E-state index contributed by atoms with van der Waals surface area (Å²) in [5, 5.41) is 0.941. The van der Waals surface area contributed by atoms with E-state index in [1.54, 1.807) is 48.5 Å². The molecule has 4 atom stereocenters. The second-order valence-corrected chi connectivity index (χ2v) is 20.8. The van der Waals surface area contributed by atoms with Gasteiger partial charge in [-0.25, -0.2) is 4.79 Å². The Kier molecular flexibility index (Phi) is 9.07. The van der Waals surface area contributed by atoms with Crippen LogP contribution in [0.5, 0.6) is 0 Å². The lowest BCUT2D eigenvalue weighted by molar-refractivity contribution is -0.161. The number of amides is 1. The number of carbonyl (C=O) groups excluding carboxylic acids is 2. The Hall–Kier alpha value is -3.10. The Morgan fingerprint density at radius 1 is 0.909 bits per heavy atom. The van der Waals surface area contributed by atoms with E-state index in [2.05, 4.69) is 33.9 Å². The lowest BCUT2D eigenvalue weighted by atomic mass is 9.79. The van der Waals surface area contributed by atoms with Crippen molar-refractivity contribution in [3.8, 4) is 0 Å². The molecule has 0 N–H and O–H groups in total. The van der Waals surface area contributed by atoms with E-state index >= 15 is 0 Å². The predicted molar refractivity (Wildman–Crippen MR) is 177 cm³/mol. The summed E-state index contributed by atoms with van der Waals surface area (Å²) in [6.45, 7) is 14.7. The van der Waals surface area contributed by atoms with Gasteiger partial charge in [0.15, 0.2) is 14.0 Å². The van der Waals surface area contributed by atoms with Crippen LogP contribution in [0.4, 0.5) is 0 Å². The number of hydrogen-bond acceptors (Lipinski definition) is 7. The number of nitrogens with zero attached hydrogens (tertiary/aromatic N) is 1. The molecule has 0 aromatic heterocycles. The van der Waals surface area contributed by atoms with Gasteiger partial charge in [0, 0.05) is 10.8 Å². The number of hydrogen-bond donors (Lipinski definition) is 0. The van der Waals surface area contributed by atoms with Crippen LogP contribution >= 0.6 is 19.4 Å². The maximum absolute atomic E-state index is 15.0. The Balaban J connectivity index is 1.54. The molecular weight excluding hydrogens is 610 g/mol. The summed E-state index contributed by atoms with van der Waals surface area (Å²) in [6.07, 6.45) is -0.377. The summed E-state index contributed by atoms with van der Waals surface area (Å²) < 4.78 is 33.9. The molecular formula is C34H40NO6PSSi. The average Bonchev–Trinajstić information content (AvgIpc) is 3.23. The van der Waals surface area contributed by atoms with Gasteiger partial charge in [-0.3, -0.25) is 14.3 Å². The monoisotopic (exact) mass is 649 g/mol. The fourth-order valence-electron chi connectivity index (χ4n) is 5.58. The summed E-state index contributed by atoms with van der Waals surface area (Å²) in [7, 11) is -5.94. The smallest absolute Gasteiger partial charge is 0.371 e. The minimum Gasteiger partial charge on any atom is -0.439 e. The summed E-state index contributed by atoms with van der Waals surface area (Å²) in [4.78, 5) is 29.9. The predicted octanol–water partition coefficient (Wildman–Crippen LogP) is 7.28. The van der Waals surface area contributed by atoms with Crippen LogP contribution in [-0.2, 0) is 27.3 Å². The van der Waals surface area contributed by atoms with Crippen LogP contribution in [0.15, 0.2) is 107 Å². The van der Waals surface area contributed by atoms with Crippen LogP contribution in [0.2, 0.25) is 18.1 Å². The number of carbonyl (C=O) groups is 2. The second kappa shape index (κ2) is 12.4. The summed E-state index contributed by atoms with van der Waals surface area (Å²) in [5.74, 6) is -1.68. The van der Waals surface area contributed by atoms with Crippen molar-refractivity contribution < 1.29 is 27.3 Å². The molecule has 2 aliphatic rings. The van der Waals surface area contributed by atoms with Crippen LogP contribution in [0.25, 0.3) is 0 Å². The van der Waals surface area contributed by atoms with Crippen LogP contribution in [0.1, 0.15) is 34.6 Å². The standard InChI is InChI=1S/C34H40NO6PSSi/c1-23-29-28(24(2)41-44(6,7)34(3,4)5)32(36)35(29)30(33(37)40-43-27-21-15-10-16-22-27)31(23)39-42(38,25-17-11-8-12-18-25)26-19-13-9-14-20-26/h8-24,28-29H,1-7H3/t23-,24?,28-,29-/m1/s1. The molecule has 0 spiro atoms. The number of benzene rings is 3. The molecule has 10 heteroatoms. The van der Waals surface area contributed by atoms with Crippen molar-refractivity contribution in [1.29, 1.82) is 0 Å². The van der Waals surface area contributed by atoms with Crippen LogP contribution < -0.4 is 10.6 Å². The quantitative estimate of drug-likeness (QED) is 0.0988. The molecule has 5 rings (SSSR count). The van der Waals surface area contributed by atoms with Crippen LogP contribution in [-0.4, -0.2) is 37.2 Å². The second-order valence-electron chi connectivity index (χ2n) is 12.9. The molecule has 0 bridgehead atoms. The highest BCUT2D eigenvalue weighted by Crippen LogP contribution is 2.55. The molecule has 0 saturated carbocycles. The van der Waals surface area contributed by atoms with Crippen molar-refractivity contribution in [2.45, 2.75) is 69.8 Å². The fraction of sp³-hybridized carbons (Fsp3) is 0.353. The van der Waals surface area contributed by atoms with Gasteiger partial charge < -0.3 is 13.1 Å². The highest BCUT2D eigenvalue weighted by Gasteiger charge is 2.63. The molecule has 3 aromatic rings. The molecule has 1 fully saturated rings. The first-order chi connectivity index (χ1) is 20.8. The van der Waals surface area contributed by atoms with Gasteiger partial charge in [-0.1, -0.05) is 82.3 Å². The minimum atomic E-state index is -3.74. The maximum atomic E-state index is 15.0. The zero-order valence-corrected chi connectivity index (χ0v) is 28.9. The number of fused-ring (bicyclic) bond motifs is 1. The van der Waals surface area contributed by atoms with E-state index < -0.39 is 39.5 Å². The lowest BCUT2D eigenvalue weighted by Crippen LogP contribution is -2.65. The summed E-state index contributed by atoms with van der Waals surface area (Å²) >= 11 is 0.910. The van der Waals surface area contributed by atoms with E-state index in [1.807, 2.05) is 56.3 Å². The number of β-lactam (4-membered cyclic amide) rings is 1. The molecule has 0 aliphatic carbocycles. The Morgan fingerprint density at radius 2 is 1.41 bits per heavy atom. The summed E-state index contributed by atoms with van der Waals surface area (Å²) in [6, 6.07) is 26.8. The van der Waals surface area contributed by atoms with Crippen molar-refractivity contribution in [1.82, 2.24) is 4.90 Å². The van der Waals surface area contributed by atoms with E-state index in [4.69, 9.17) is 13.1 Å². The highest BCUT2D eigenvalue weighted by atomic mass is 32.2. The zero-order valence-electron chi connectivity index (χ0n) is 26.2. The molecule has 3 aromatic carbocycles. The largest absolute Gasteiger partial charge is 0.439 e. The Morgan fingerprint density at radius 3 is 1.91 bits per heavy atom. The van der Waals surface area contributed by atoms with E-state index in [1.165, 1.54) is 4.90 Å². The third-order valence-corrected chi connectivity index (χ3v) is 16.6. The van der Waals surface area contributed by atoms with Crippen molar-refractivity contribution in [2.75, 3.05) is 0 Å². The maximum Gasteiger partial charge on any atom is 0.371 e. The molecule has 1 unspecified atom stereocenters. The highest BCUT2D eigenvalue weighted by molar-refractivity contribution is 7.95. The molecule has 232 valence electrons. The Labute approximate surface area is 265 Å². The topological polar surface area (TPSA) is 82.1 Å². The van der Waals surface area contributed by atoms with Gasteiger partial charge in [0.1, 0.15) is 5.76 Å². The van der Waals surface area contributed by atoms with Crippen molar-refractivity contribution in [3.63, 3.8) is 0 Å².